The molecule has 0 radical (unpaired) electrons. The van der Waals surface area contributed by atoms with Crippen LogP contribution in [0, 0.1) is 17.8 Å². The second kappa shape index (κ2) is 3.47. The number of fused-ring (bicyclic) bond motifs is 8. The predicted octanol–water partition coefficient (Wildman–Crippen LogP) is 3.39. The quantitative estimate of drug-likeness (QED) is 0.806. The van der Waals surface area contributed by atoms with E-state index in [0.717, 1.165) is 22.3 Å². The van der Waals surface area contributed by atoms with Gasteiger partial charge in [0.1, 0.15) is 11.3 Å². The van der Waals surface area contributed by atoms with Crippen LogP contribution in [0.1, 0.15) is 29.6 Å². The summed E-state index contributed by atoms with van der Waals surface area (Å²) >= 11 is 0. The second-order valence-corrected chi connectivity index (χ2v) is 6.24. The van der Waals surface area contributed by atoms with Crippen molar-refractivity contribution >= 4 is 11.0 Å². The summed E-state index contributed by atoms with van der Waals surface area (Å²) in [6.45, 7) is 0. The molecule has 0 spiro atoms. The van der Waals surface area contributed by atoms with Crippen LogP contribution < -0.4 is 4.74 Å². The normalized spacial score (nSPS) is 36.6. The van der Waals surface area contributed by atoms with Crippen LogP contribution in [0.3, 0.4) is 0 Å². The third-order valence-electron chi connectivity index (χ3n) is 5.53. The lowest BCUT2D eigenvalue weighted by Gasteiger charge is -2.23. The number of benzene rings is 1. The Bertz CT molecular complexity index is 742. The molecule has 1 fully saturated rings. The van der Waals surface area contributed by atoms with Gasteiger partial charge in [0.15, 0.2) is 0 Å². The standard InChI is InChI=1S/C17H16O3/c1-19-17-10-4-5-20-12(10)7-11-13-8-2-3-9(6-8)14(13)16(18)15(11)17/h2-5,7-9,13-14,16,18H,6H2,1H3/t8-,9+,13+,14+,16+/m1/s1. The number of rotatable bonds is 1. The van der Waals surface area contributed by atoms with Crippen LogP contribution in [0.5, 0.6) is 5.75 Å². The monoisotopic (exact) mass is 268 g/mol. The summed E-state index contributed by atoms with van der Waals surface area (Å²) in [5.74, 6) is 2.63. The average Bonchev–Trinajstić information content (AvgIpc) is 3.19. The Labute approximate surface area is 116 Å². The van der Waals surface area contributed by atoms with Gasteiger partial charge in [-0.05, 0) is 41.9 Å². The Morgan fingerprint density at radius 3 is 3.00 bits per heavy atom. The van der Waals surface area contributed by atoms with Gasteiger partial charge in [0.25, 0.3) is 0 Å². The molecule has 0 unspecified atom stereocenters. The molecule has 1 heterocycles. The summed E-state index contributed by atoms with van der Waals surface area (Å²) in [6.07, 6.45) is 7.07. The summed E-state index contributed by atoms with van der Waals surface area (Å²) < 4.78 is 11.2. The van der Waals surface area contributed by atoms with E-state index in [4.69, 9.17) is 9.15 Å². The number of hydrogen-bond acceptors (Lipinski definition) is 3. The largest absolute Gasteiger partial charge is 0.496 e. The van der Waals surface area contributed by atoms with Gasteiger partial charge in [-0.2, -0.15) is 0 Å². The molecule has 2 aromatic rings. The molecule has 2 bridgehead atoms. The molecule has 3 nitrogen and oxygen atoms in total. The first kappa shape index (κ1) is 11.0. The molecule has 102 valence electrons. The molecule has 3 aliphatic rings. The topological polar surface area (TPSA) is 42.6 Å². The second-order valence-electron chi connectivity index (χ2n) is 6.24. The minimum absolute atomic E-state index is 0.320. The fraction of sp³-hybridized carbons (Fsp3) is 0.412. The molecular weight excluding hydrogens is 252 g/mol. The minimum Gasteiger partial charge on any atom is -0.496 e. The molecular formula is C17H16O3. The third-order valence-corrected chi connectivity index (χ3v) is 5.53. The minimum atomic E-state index is -0.413. The molecule has 1 aromatic carbocycles. The maximum Gasteiger partial charge on any atom is 0.137 e. The molecule has 20 heavy (non-hydrogen) atoms. The molecule has 3 aliphatic carbocycles. The fourth-order valence-corrected chi connectivity index (χ4v) is 4.84. The van der Waals surface area contributed by atoms with Crippen LogP contribution in [-0.4, -0.2) is 12.2 Å². The van der Waals surface area contributed by atoms with Gasteiger partial charge in [0.05, 0.1) is 24.9 Å². The van der Waals surface area contributed by atoms with Crippen molar-refractivity contribution < 1.29 is 14.3 Å². The SMILES string of the molecule is COc1c2c(cc3occc13)[C@H]1[C@@H]([C@@H]2O)[C@H]2C=C[C@@H]1C2. The molecule has 3 heteroatoms. The first-order valence-corrected chi connectivity index (χ1v) is 7.24. The molecule has 1 N–H and O–H groups in total. The van der Waals surface area contributed by atoms with Crippen molar-refractivity contribution in [3.05, 3.63) is 41.7 Å². The third kappa shape index (κ3) is 1.08. The van der Waals surface area contributed by atoms with E-state index in [1.165, 1.54) is 12.0 Å². The van der Waals surface area contributed by atoms with Crippen molar-refractivity contribution in [1.82, 2.24) is 0 Å². The van der Waals surface area contributed by atoms with Gasteiger partial charge in [-0.15, -0.1) is 0 Å². The summed E-state index contributed by atoms with van der Waals surface area (Å²) in [5, 5.41) is 11.8. The van der Waals surface area contributed by atoms with Gasteiger partial charge in [-0.25, -0.2) is 0 Å². The number of furan rings is 1. The van der Waals surface area contributed by atoms with Gasteiger partial charge >= 0.3 is 0 Å². The van der Waals surface area contributed by atoms with E-state index < -0.39 is 6.10 Å². The van der Waals surface area contributed by atoms with Crippen molar-refractivity contribution in [2.24, 2.45) is 17.8 Å². The number of aliphatic hydroxyl groups is 1. The number of hydrogen-bond donors (Lipinski definition) is 1. The summed E-state index contributed by atoms with van der Waals surface area (Å²) in [6, 6.07) is 4.04. The predicted molar refractivity (Wildman–Crippen MR) is 74.7 cm³/mol. The Morgan fingerprint density at radius 2 is 2.15 bits per heavy atom. The van der Waals surface area contributed by atoms with Crippen LogP contribution in [0.4, 0.5) is 0 Å². The first-order chi connectivity index (χ1) is 9.79. The Morgan fingerprint density at radius 1 is 1.30 bits per heavy atom. The van der Waals surface area contributed by atoms with Crippen molar-refractivity contribution in [3.8, 4) is 5.75 Å². The van der Waals surface area contributed by atoms with Crippen molar-refractivity contribution in [3.63, 3.8) is 0 Å². The zero-order chi connectivity index (χ0) is 13.4. The van der Waals surface area contributed by atoms with Gasteiger partial charge in [0, 0.05) is 11.5 Å². The van der Waals surface area contributed by atoms with E-state index >= 15 is 0 Å². The molecule has 5 rings (SSSR count). The molecule has 0 aliphatic heterocycles. The molecule has 1 saturated carbocycles. The summed E-state index contributed by atoms with van der Waals surface area (Å²) in [4.78, 5) is 0. The van der Waals surface area contributed by atoms with E-state index in [9.17, 15) is 5.11 Å². The van der Waals surface area contributed by atoms with Gasteiger partial charge in [0.2, 0.25) is 0 Å². The molecule has 1 aromatic heterocycles. The highest BCUT2D eigenvalue weighted by Crippen LogP contribution is 2.64. The van der Waals surface area contributed by atoms with E-state index in [2.05, 4.69) is 18.2 Å². The van der Waals surface area contributed by atoms with Crippen LogP contribution in [0.15, 0.2) is 35.0 Å². The molecule has 5 atom stereocenters. The van der Waals surface area contributed by atoms with Crippen molar-refractivity contribution in [2.45, 2.75) is 18.4 Å². The van der Waals surface area contributed by atoms with Crippen LogP contribution >= 0.6 is 0 Å². The molecule has 0 amide bonds. The van der Waals surface area contributed by atoms with Crippen molar-refractivity contribution in [2.75, 3.05) is 7.11 Å². The van der Waals surface area contributed by atoms with Gasteiger partial charge in [-0.1, -0.05) is 12.2 Å². The Kier molecular flexibility index (Phi) is 1.91. The lowest BCUT2D eigenvalue weighted by atomic mass is 9.83. The number of aliphatic hydroxyl groups excluding tert-OH is 1. The van der Waals surface area contributed by atoms with Crippen LogP contribution in [-0.2, 0) is 0 Å². The van der Waals surface area contributed by atoms with E-state index in [0.29, 0.717) is 23.7 Å². The van der Waals surface area contributed by atoms with E-state index in [-0.39, 0.29) is 0 Å². The maximum absolute atomic E-state index is 10.8. The first-order valence-electron chi connectivity index (χ1n) is 7.24. The summed E-state index contributed by atoms with van der Waals surface area (Å²) in [7, 11) is 1.68. The highest BCUT2D eigenvalue weighted by atomic mass is 16.5. The number of methoxy groups -OCH3 is 1. The fourth-order valence-electron chi connectivity index (χ4n) is 4.84. The van der Waals surface area contributed by atoms with E-state index in [1.54, 1.807) is 13.4 Å². The average molecular weight is 268 g/mol. The zero-order valence-corrected chi connectivity index (χ0v) is 11.2. The highest BCUT2D eigenvalue weighted by Gasteiger charge is 2.54. The van der Waals surface area contributed by atoms with Crippen molar-refractivity contribution in [1.29, 1.82) is 0 Å². The zero-order valence-electron chi connectivity index (χ0n) is 11.2. The van der Waals surface area contributed by atoms with E-state index in [1.807, 2.05) is 6.07 Å². The Balaban J connectivity index is 1.83. The van der Waals surface area contributed by atoms with Crippen LogP contribution in [0.2, 0.25) is 0 Å². The lowest BCUT2D eigenvalue weighted by Crippen LogP contribution is -2.16. The number of ether oxygens (including phenoxy) is 1. The maximum atomic E-state index is 10.8. The number of allylic oxidation sites excluding steroid dienone is 2. The summed E-state index contributed by atoms with van der Waals surface area (Å²) in [5.41, 5.74) is 3.09. The molecule has 0 saturated heterocycles. The lowest BCUT2D eigenvalue weighted by molar-refractivity contribution is 0.0989. The highest BCUT2D eigenvalue weighted by molar-refractivity contribution is 5.87. The van der Waals surface area contributed by atoms with Gasteiger partial charge < -0.3 is 14.3 Å². The van der Waals surface area contributed by atoms with Gasteiger partial charge in [-0.3, -0.25) is 0 Å². The Hall–Kier alpha value is -1.74. The smallest absolute Gasteiger partial charge is 0.137 e. The van der Waals surface area contributed by atoms with Crippen LogP contribution in [0.25, 0.3) is 11.0 Å².